The van der Waals surface area contributed by atoms with Crippen LogP contribution >= 0.6 is 7.82 Å². The summed E-state index contributed by atoms with van der Waals surface area (Å²) in [6.45, 7) is 4.86. The standard InChI is InChI=1S/C76H149N2O6P/c1-6-8-10-12-14-16-18-20-22-24-26-28-30-32-34-36-38-40-42-44-46-48-50-52-54-56-58-60-62-64-66-68-70-76(80)77-74(73-84-85(81,82)83-72-71-78(3,4)5)75(79)69-67-65-63-61-59-57-55-53-51-49-47-45-43-41-39-37-35-33-31-29-27-25-23-21-19-17-15-13-11-9-7-2/h51,53,59,61,67,69,74-75,79H,6-50,52,54-58,60,62-66,68,70-73H2,1-5H3,(H-,77,80,81,82)/p+1/b53-51+,61-59+,69-67+. The minimum absolute atomic E-state index is 0.0555. The van der Waals surface area contributed by atoms with Crippen molar-refractivity contribution in [2.45, 2.75) is 405 Å². The summed E-state index contributed by atoms with van der Waals surface area (Å²) in [5.41, 5.74) is 0. The molecule has 0 bridgehead atoms. The highest BCUT2D eigenvalue weighted by Gasteiger charge is 2.28. The Bertz CT molecular complexity index is 1480. The van der Waals surface area contributed by atoms with Gasteiger partial charge in [0.15, 0.2) is 0 Å². The summed E-state index contributed by atoms with van der Waals surface area (Å²) >= 11 is 0. The van der Waals surface area contributed by atoms with E-state index in [0.29, 0.717) is 17.4 Å². The Morgan fingerprint density at radius 3 is 0.941 bits per heavy atom. The molecule has 85 heavy (non-hydrogen) atoms. The topological polar surface area (TPSA) is 105 Å². The molecule has 0 aliphatic rings. The maximum absolute atomic E-state index is 13.1. The van der Waals surface area contributed by atoms with Gasteiger partial charge in [0.1, 0.15) is 13.2 Å². The van der Waals surface area contributed by atoms with Crippen LogP contribution in [0.3, 0.4) is 0 Å². The van der Waals surface area contributed by atoms with Crippen molar-refractivity contribution >= 4 is 13.7 Å². The highest BCUT2D eigenvalue weighted by Crippen LogP contribution is 2.43. The van der Waals surface area contributed by atoms with Crippen LogP contribution in [0.4, 0.5) is 0 Å². The van der Waals surface area contributed by atoms with Gasteiger partial charge in [-0.05, 0) is 44.9 Å². The molecule has 9 heteroatoms. The van der Waals surface area contributed by atoms with Gasteiger partial charge in [0.25, 0.3) is 0 Å². The zero-order chi connectivity index (χ0) is 61.9. The van der Waals surface area contributed by atoms with E-state index in [0.717, 1.165) is 44.9 Å². The lowest BCUT2D eigenvalue weighted by Crippen LogP contribution is -2.45. The maximum atomic E-state index is 13.1. The largest absolute Gasteiger partial charge is 0.472 e. The van der Waals surface area contributed by atoms with Crippen LogP contribution in [-0.4, -0.2) is 73.4 Å². The summed E-state index contributed by atoms with van der Waals surface area (Å²) in [7, 11) is 1.56. The fourth-order valence-electron chi connectivity index (χ4n) is 11.7. The highest BCUT2D eigenvalue weighted by molar-refractivity contribution is 7.47. The summed E-state index contributed by atoms with van der Waals surface area (Å²) in [6.07, 6.45) is 90.5. The van der Waals surface area contributed by atoms with Crippen LogP contribution in [0.1, 0.15) is 393 Å². The van der Waals surface area contributed by atoms with Gasteiger partial charge in [0.2, 0.25) is 5.91 Å². The van der Waals surface area contributed by atoms with E-state index < -0.39 is 20.0 Å². The third-order valence-corrected chi connectivity index (χ3v) is 18.6. The summed E-state index contributed by atoms with van der Waals surface area (Å²) in [6, 6.07) is -0.870. The molecule has 0 aliphatic carbocycles. The van der Waals surface area contributed by atoms with E-state index in [1.807, 2.05) is 27.2 Å². The Kier molecular flexibility index (Phi) is 66.1. The average molecular weight is 1220 g/mol. The fourth-order valence-corrected chi connectivity index (χ4v) is 12.5. The number of phosphoric acid groups is 1. The number of allylic oxidation sites excluding steroid dienone is 5. The first kappa shape index (κ1) is 83.7. The van der Waals surface area contributed by atoms with E-state index >= 15 is 0 Å². The molecule has 504 valence electrons. The number of quaternary nitrogens is 1. The van der Waals surface area contributed by atoms with Gasteiger partial charge in [-0.2, -0.15) is 0 Å². The molecule has 0 aromatic heterocycles. The van der Waals surface area contributed by atoms with Crippen molar-refractivity contribution in [1.82, 2.24) is 5.32 Å². The minimum Gasteiger partial charge on any atom is -0.387 e. The predicted molar refractivity (Wildman–Crippen MR) is 374 cm³/mol. The number of unbranched alkanes of at least 4 members (excludes halogenated alkanes) is 54. The second-order valence-corrected chi connectivity index (χ2v) is 28.8. The molecule has 0 saturated heterocycles. The molecule has 0 rings (SSSR count). The molecule has 0 heterocycles. The zero-order valence-electron chi connectivity index (χ0n) is 57.9. The number of aliphatic hydroxyl groups excluding tert-OH is 1. The Balaban J connectivity index is 4.04. The molecule has 8 nitrogen and oxygen atoms in total. The molecule has 0 aromatic rings. The van der Waals surface area contributed by atoms with Crippen molar-refractivity contribution < 1.29 is 32.9 Å². The van der Waals surface area contributed by atoms with Crippen LogP contribution in [0.15, 0.2) is 36.5 Å². The molecular weight excluding hydrogens is 1070 g/mol. The van der Waals surface area contributed by atoms with E-state index in [2.05, 4.69) is 43.5 Å². The van der Waals surface area contributed by atoms with Crippen LogP contribution in [-0.2, 0) is 18.4 Å². The number of nitrogens with zero attached hydrogens (tertiary/aromatic N) is 1. The smallest absolute Gasteiger partial charge is 0.387 e. The molecule has 0 radical (unpaired) electrons. The van der Waals surface area contributed by atoms with Crippen molar-refractivity contribution in [1.29, 1.82) is 0 Å². The number of aliphatic hydroxyl groups is 1. The normalized spacial score (nSPS) is 13.7. The monoisotopic (exact) mass is 1220 g/mol. The molecule has 0 fully saturated rings. The third-order valence-electron chi connectivity index (χ3n) is 17.6. The number of nitrogens with one attached hydrogen (secondary N) is 1. The highest BCUT2D eigenvalue weighted by atomic mass is 31.2. The Labute approximate surface area is 531 Å². The first-order valence-corrected chi connectivity index (χ1v) is 39.4. The Hall–Kier alpha value is -1.28. The number of hydrogen-bond donors (Lipinski definition) is 3. The number of amides is 1. The van der Waals surface area contributed by atoms with Crippen LogP contribution in [0.5, 0.6) is 0 Å². The quantitative estimate of drug-likeness (QED) is 0.0243. The van der Waals surface area contributed by atoms with Gasteiger partial charge >= 0.3 is 7.82 Å². The lowest BCUT2D eigenvalue weighted by molar-refractivity contribution is -0.870. The lowest BCUT2D eigenvalue weighted by Gasteiger charge is -2.25. The fraction of sp³-hybridized carbons (Fsp3) is 0.908. The van der Waals surface area contributed by atoms with E-state index in [4.69, 9.17) is 9.05 Å². The maximum Gasteiger partial charge on any atom is 0.472 e. The second-order valence-electron chi connectivity index (χ2n) is 27.4. The molecule has 0 spiro atoms. The number of carbonyl (C=O) groups is 1. The molecule has 0 aromatic carbocycles. The summed E-state index contributed by atoms with van der Waals surface area (Å²) in [5, 5.41) is 14.0. The van der Waals surface area contributed by atoms with Crippen LogP contribution in [0.2, 0.25) is 0 Å². The van der Waals surface area contributed by atoms with Gasteiger partial charge < -0.3 is 19.8 Å². The molecule has 1 amide bonds. The average Bonchev–Trinajstić information content (AvgIpc) is 3.52. The van der Waals surface area contributed by atoms with Crippen molar-refractivity contribution in [2.24, 2.45) is 0 Å². The number of phosphoric ester groups is 1. The van der Waals surface area contributed by atoms with E-state index in [-0.39, 0.29) is 19.1 Å². The van der Waals surface area contributed by atoms with Crippen LogP contribution in [0.25, 0.3) is 0 Å². The first-order chi connectivity index (χ1) is 41.5. The Morgan fingerprint density at radius 1 is 0.388 bits per heavy atom. The molecule has 3 N–H and O–H groups in total. The Morgan fingerprint density at radius 2 is 0.647 bits per heavy atom. The van der Waals surface area contributed by atoms with Gasteiger partial charge in [-0.3, -0.25) is 13.8 Å². The molecule has 3 atom stereocenters. The van der Waals surface area contributed by atoms with E-state index in [9.17, 15) is 19.4 Å². The second kappa shape index (κ2) is 67.1. The summed E-state index contributed by atoms with van der Waals surface area (Å²) < 4.78 is 23.8. The summed E-state index contributed by atoms with van der Waals surface area (Å²) in [5.74, 6) is -0.182. The SMILES string of the molecule is CCCCCCCCCCCCCCCCCCCCCCC/C=C/CC/C=C/CC/C=C/C(O)C(COP(=O)(O)OCC[N+](C)(C)C)NC(=O)CCCCCCCCCCCCCCCCCCCCCCCCCCCCCCCCCC. The van der Waals surface area contributed by atoms with Gasteiger partial charge in [0, 0.05) is 6.42 Å². The van der Waals surface area contributed by atoms with Crippen molar-refractivity contribution in [3.05, 3.63) is 36.5 Å². The number of carbonyl (C=O) groups excluding carboxylic acids is 1. The van der Waals surface area contributed by atoms with Crippen molar-refractivity contribution in [2.75, 3.05) is 40.9 Å². The van der Waals surface area contributed by atoms with Crippen molar-refractivity contribution in [3.8, 4) is 0 Å². The molecule has 0 aliphatic heterocycles. The third kappa shape index (κ3) is 70.0. The first-order valence-electron chi connectivity index (χ1n) is 37.9. The van der Waals surface area contributed by atoms with Gasteiger partial charge in [-0.25, -0.2) is 4.57 Å². The van der Waals surface area contributed by atoms with Crippen LogP contribution in [0, 0.1) is 0 Å². The van der Waals surface area contributed by atoms with E-state index in [1.54, 1.807) is 6.08 Å². The predicted octanol–water partition coefficient (Wildman–Crippen LogP) is 24.4. The number of hydrogen-bond acceptors (Lipinski definition) is 5. The molecule has 0 saturated carbocycles. The van der Waals surface area contributed by atoms with Crippen LogP contribution < -0.4 is 5.32 Å². The molecular formula is C76H150N2O6P+. The lowest BCUT2D eigenvalue weighted by atomic mass is 10.0. The van der Waals surface area contributed by atoms with E-state index in [1.165, 1.54) is 327 Å². The van der Waals surface area contributed by atoms with Gasteiger partial charge in [-0.1, -0.05) is 378 Å². The zero-order valence-corrected chi connectivity index (χ0v) is 58.8. The number of rotatable bonds is 71. The van der Waals surface area contributed by atoms with Crippen molar-refractivity contribution in [3.63, 3.8) is 0 Å². The minimum atomic E-state index is -4.37. The van der Waals surface area contributed by atoms with Gasteiger partial charge in [-0.15, -0.1) is 0 Å². The molecule has 3 unspecified atom stereocenters. The number of likely N-dealkylation sites (N-methyl/N-ethyl adjacent to an activating group) is 1. The summed E-state index contributed by atoms with van der Waals surface area (Å²) in [4.78, 5) is 23.4. The van der Waals surface area contributed by atoms with Gasteiger partial charge in [0.05, 0.1) is 39.9 Å².